The molecule has 0 bridgehead atoms. The van der Waals surface area contributed by atoms with E-state index < -0.39 is 5.41 Å². The Kier molecular flexibility index (Phi) is 11.5. The van der Waals surface area contributed by atoms with E-state index in [9.17, 15) is 0 Å². The summed E-state index contributed by atoms with van der Waals surface area (Å²) in [6.45, 7) is 13.9. The zero-order valence-electron chi connectivity index (χ0n) is 47.6. The molecule has 4 nitrogen and oxygen atoms in total. The molecule has 0 fully saturated rings. The fraction of sp³-hybridized carbons (Fsp3) is 0.114. The SMILES string of the molecule is C/C=C1\C(=C(/C)N(c2cccc(-c3ccccc3)c2)c2ccc3c(c2)C(C)(C)c2ccccc2-3)Oc2ccccc2C12c1ccccc1Oc1cccc(N(c3ccc(-c4ccccc4)cc3)c3ccc4c(c3)C(C)(C)c3ccccc3-4)c12. The summed E-state index contributed by atoms with van der Waals surface area (Å²) in [5.41, 5.74) is 23.8. The van der Waals surface area contributed by atoms with E-state index in [4.69, 9.17) is 9.47 Å². The second-order valence-corrected chi connectivity index (χ2v) is 23.5. The highest BCUT2D eigenvalue weighted by Gasteiger charge is 2.54. The Morgan fingerprint density at radius 2 is 0.807 bits per heavy atom. The van der Waals surface area contributed by atoms with E-state index in [1.807, 2.05) is 0 Å². The summed E-state index contributed by atoms with van der Waals surface area (Å²) in [6.07, 6.45) is 2.30. The van der Waals surface area contributed by atoms with Crippen molar-refractivity contribution in [1.29, 1.82) is 0 Å². The molecule has 4 aliphatic rings. The number of benzene rings is 11. The molecule has 11 aromatic carbocycles. The van der Waals surface area contributed by atoms with E-state index in [-0.39, 0.29) is 10.8 Å². The summed E-state index contributed by atoms with van der Waals surface area (Å²) >= 11 is 0. The van der Waals surface area contributed by atoms with Gasteiger partial charge in [-0.05, 0) is 153 Å². The molecule has 83 heavy (non-hydrogen) atoms. The third kappa shape index (κ3) is 7.59. The normalized spacial score (nSPS) is 17.2. The first-order valence-corrected chi connectivity index (χ1v) is 29.0. The number of rotatable bonds is 8. The van der Waals surface area contributed by atoms with Crippen LogP contribution in [0.1, 0.15) is 80.5 Å². The molecule has 0 amide bonds. The van der Waals surface area contributed by atoms with Crippen molar-refractivity contribution >= 4 is 28.4 Å². The Hall–Kier alpha value is -9.90. The Labute approximate surface area is 487 Å². The smallest absolute Gasteiger partial charge is 0.151 e. The van der Waals surface area contributed by atoms with Gasteiger partial charge in [-0.2, -0.15) is 0 Å². The van der Waals surface area contributed by atoms with Gasteiger partial charge < -0.3 is 19.3 Å². The van der Waals surface area contributed by atoms with Crippen molar-refractivity contribution in [3.8, 4) is 61.8 Å². The number of hydrogen-bond acceptors (Lipinski definition) is 4. The highest BCUT2D eigenvalue weighted by atomic mass is 16.5. The van der Waals surface area contributed by atoms with Crippen LogP contribution in [0.25, 0.3) is 44.5 Å². The first-order valence-electron chi connectivity index (χ1n) is 29.0. The Bertz CT molecular complexity index is 4470. The van der Waals surface area contributed by atoms with Crippen LogP contribution in [0.2, 0.25) is 0 Å². The lowest BCUT2D eigenvalue weighted by Gasteiger charge is -2.48. The third-order valence-corrected chi connectivity index (χ3v) is 18.3. The molecule has 0 saturated heterocycles. The van der Waals surface area contributed by atoms with Crippen molar-refractivity contribution < 1.29 is 9.47 Å². The summed E-state index contributed by atoms with van der Waals surface area (Å²) in [5, 5.41) is 0. The molecule has 2 aliphatic carbocycles. The fourth-order valence-corrected chi connectivity index (χ4v) is 14.4. The van der Waals surface area contributed by atoms with Crippen LogP contribution < -0.4 is 19.3 Å². The van der Waals surface area contributed by atoms with Crippen LogP contribution in [0.3, 0.4) is 0 Å². The van der Waals surface area contributed by atoms with E-state index in [0.29, 0.717) is 0 Å². The van der Waals surface area contributed by atoms with Gasteiger partial charge >= 0.3 is 0 Å². The maximum Gasteiger partial charge on any atom is 0.151 e. The van der Waals surface area contributed by atoms with Crippen molar-refractivity contribution in [2.75, 3.05) is 9.80 Å². The number of nitrogens with zero attached hydrogens (tertiary/aromatic N) is 2. The van der Waals surface area contributed by atoms with Gasteiger partial charge in [0.2, 0.25) is 0 Å². The van der Waals surface area contributed by atoms with Gasteiger partial charge in [-0.1, -0.05) is 222 Å². The van der Waals surface area contributed by atoms with Gasteiger partial charge in [-0.3, -0.25) is 0 Å². The lowest BCUT2D eigenvalue weighted by Crippen LogP contribution is -2.41. The van der Waals surface area contributed by atoms with Crippen LogP contribution in [0.4, 0.5) is 28.4 Å². The minimum absolute atomic E-state index is 0.225. The lowest BCUT2D eigenvalue weighted by atomic mass is 9.60. The maximum atomic E-state index is 7.62. The van der Waals surface area contributed by atoms with Gasteiger partial charge in [-0.15, -0.1) is 0 Å². The molecule has 1 spiro atoms. The number of anilines is 5. The molecule has 0 N–H and O–H groups in total. The number of para-hydroxylation sites is 2. The summed E-state index contributed by atoms with van der Waals surface area (Å²) in [4.78, 5) is 4.90. The molecule has 1 unspecified atom stereocenters. The van der Waals surface area contributed by atoms with Gasteiger partial charge in [0, 0.05) is 55.8 Å². The molecule has 4 heteroatoms. The van der Waals surface area contributed by atoms with Crippen LogP contribution >= 0.6 is 0 Å². The van der Waals surface area contributed by atoms with E-state index in [0.717, 1.165) is 96.1 Å². The summed E-state index contributed by atoms with van der Waals surface area (Å²) < 4.78 is 14.9. The van der Waals surface area contributed by atoms with Gasteiger partial charge in [0.25, 0.3) is 0 Å². The Balaban J connectivity index is 0.996. The van der Waals surface area contributed by atoms with Gasteiger partial charge in [0.15, 0.2) is 5.76 Å². The molecule has 11 aromatic rings. The maximum absolute atomic E-state index is 7.62. The zero-order valence-corrected chi connectivity index (χ0v) is 47.6. The van der Waals surface area contributed by atoms with E-state index >= 15 is 0 Å². The first-order chi connectivity index (χ1) is 40.5. The van der Waals surface area contributed by atoms with E-state index in [1.165, 1.54) is 50.1 Å². The second-order valence-electron chi connectivity index (χ2n) is 23.5. The molecule has 0 saturated carbocycles. The molecule has 2 aliphatic heterocycles. The highest BCUT2D eigenvalue weighted by molar-refractivity contribution is 5.91. The van der Waals surface area contributed by atoms with Crippen LogP contribution in [0.5, 0.6) is 17.2 Å². The Morgan fingerprint density at radius 3 is 1.42 bits per heavy atom. The predicted octanol–water partition coefficient (Wildman–Crippen LogP) is 21.0. The number of hydrogen-bond donors (Lipinski definition) is 0. The molecular formula is C79H62N2O2. The number of ether oxygens (including phenoxy) is 2. The summed E-state index contributed by atoms with van der Waals surface area (Å²) in [7, 11) is 0. The number of fused-ring (bicyclic) bond motifs is 12. The molecule has 1 atom stereocenters. The van der Waals surface area contributed by atoms with E-state index in [1.54, 1.807) is 0 Å². The largest absolute Gasteiger partial charge is 0.457 e. The van der Waals surface area contributed by atoms with Crippen LogP contribution in [0, 0.1) is 0 Å². The quantitative estimate of drug-likeness (QED) is 0.151. The minimum Gasteiger partial charge on any atom is -0.457 e. The van der Waals surface area contributed by atoms with Crippen molar-refractivity contribution in [3.05, 3.63) is 323 Å². The third-order valence-electron chi connectivity index (χ3n) is 18.3. The number of allylic oxidation sites excluding steroid dienone is 3. The van der Waals surface area contributed by atoms with Gasteiger partial charge in [-0.25, -0.2) is 0 Å². The van der Waals surface area contributed by atoms with Crippen molar-refractivity contribution in [2.45, 2.75) is 57.8 Å². The van der Waals surface area contributed by atoms with Crippen molar-refractivity contribution in [1.82, 2.24) is 0 Å². The lowest BCUT2D eigenvalue weighted by molar-refractivity contribution is 0.363. The first kappa shape index (κ1) is 50.1. The predicted molar refractivity (Wildman–Crippen MR) is 342 cm³/mol. The molecule has 0 radical (unpaired) electrons. The average molecular weight is 1070 g/mol. The zero-order chi connectivity index (χ0) is 56.2. The second kappa shape index (κ2) is 19.1. The molecular weight excluding hydrogens is 1010 g/mol. The monoisotopic (exact) mass is 1070 g/mol. The van der Waals surface area contributed by atoms with Crippen LogP contribution in [-0.2, 0) is 16.2 Å². The molecule has 2 heterocycles. The van der Waals surface area contributed by atoms with E-state index in [2.05, 4.69) is 318 Å². The molecule has 0 aromatic heterocycles. The Morgan fingerprint density at radius 1 is 0.361 bits per heavy atom. The minimum atomic E-state index is -0.978. The standard InChI is InChI=1S/C79H62N2O2/c1-7-64-76(51(2)80(57-29-22-28-55(48-57)53-26-12-9-13-27-53)58-44-46-62-60-30-14-16-32-65(60)77(3,4)69(62)49-58)83-73-38-21-19-35-68(73)79(64)67-34-18-20-37-72(67)82-74-39-23-36-71(75(74)79)81(56-42-40-54(41-43-56)52-24-10-8-11-25-52)59-45-47-63-61-31-15-17-33-66(61)78(5,6)70(63)50-59/h7-50H,1-6H3/b64-7+,76-51-. The topological polar surface area (TPSA) is 24.9 Å². The summed E-state index contributed by atoms with van der Waals surface area (Å²) in [6, 6.07) is 95.2. The molecule has 15 rings (SSSR count). The molecule has 400 valence electrons. The fourth-order valence-electron chi connectivity index (χ4n) is 14.4. The van der Waals surface area contributed by atoms with Crippen molar-refractivity contribution in [3.63, 3.8) is 0 Å². The van der Waals surface area contributed by atoms with Gasteiger partial charge in [0.1, 0.15) is 17.2 Å². The highest BCUT2D eigenvalue weighted by Crippen LogP contribution is 2.65. The van der Waals surface area contributed by atoms with Crippen molar-refractivity contribution in [2.24, 2.45) is 0 Å². The average Bonchev–Trinajstić information content (AvgIpc) is 1.67. The van der Waals surface area contributed by atoms with Gasteiger partial charge in [0.05, 0.1) is 16.8 Å². The van der Waals surface area contributed by atoms with Crippen LogP contribution in [0.15, 0.2) is 284 Å². The van der Waals surface area contributed by atoms with Crippen LogP contribution in [-0.4, -0.2) is 0 Å². The summed E-state index contributed by atoms with van der Waals surface area (Å²) in [5.74, 6) is 3.13.